The molecule has 2 nitrogen and oxygen atoms in total. The van der Waals surface area contributed by atoms with Gasteiger partial charge in [-0.2, -0.15) is 0 Å². The maximum absolute atomic E-state index is 14.3. The van der Waals surface area contributed by atoms with E-state index >= 15 is 0 Å². The van der Waals surface area contributed by atoms with Crippen molar-refractivity contribution in [1.29, 1.82) is 0 Å². The number of rotatable bonds is 5. The van der Waals surface area contributed by atoms with E-state index in [-0.39, 0.29) is 17.9 Å². The van der Waals surface area contributed by atoms with Gasteiger partial charge in [-0.25, -0.2) is 13.2 Å². The van der Waals surface area contributed by atoms with E-state index in [4.69, 9.17) is 11.2 Å². The lowest BCUT2D eigenvalue weighted by atomic mass is 10.1. The molecular weight excluding hydrogens is 291 g/mol. The molecule has 0 saturated carbocycles. The lowest BCUT2D eigenvalue weighted by molar-refractivity contribution is 0.123. The Balaban J connectivity index is 2.32. The van der Waals surface area contributed by atoms with Crippen molar-refractivity contribution in [3.05, 3.63) is 60.1 Å². The number of benzene rings is 1. The molecule has 1 heterocycles. The Morgan fingerprint density at radius 3 is 2.77 bits per heavy atom. The van der Waals surface area contributed by atoms with E-state index in [1.54, 1.807) is 18.2 Å². The lowest BCUT2D eigenvalue weighted by Crippen LogP contribution is -2.27. The van der Waals surface area contributed by atoms with E-state index in [1.807, 2.05) is 0 Å². The highest BCUT2D eigenvalue weighted by Crippen LogP contribution is 2.31. The van der Waals surface area contributed by atoms with E-state index in [0.29, 0.717) is 11.4 Å². The van der Waals surface area contributed by atoms with Crippen LogP contribution in [0.4, 0.5) is 13.2 Å². The lowest BCUT2D eigenvalue weighted by Gasteiger charge is -2.30. The van der Waals surface area contributed by atoms with Crippen LogP contribution in [-0.2, 0) is 0 Å². The average Bonchev–Trinajstić information content (AvgIpc) is 2.47. The summed E-state index contributed by atoms with van der Waals surface area (Å²) in [7, 11) is 0. The molecule has 114 valence electrons. The van der Waals surface area contributed by atoms with Crippen molar-refractivity contribution in [3.8, 4) is 18.1 Å². The molecular formula is C17H14F3NO. The van der Waals surface area contributed by atoms with Crippen LogP contribution in [0.1, 0.15) is 5.56 Å². The standard InChI is InChI=1S/C17H14F3NO/c1-3-9-22-13-7-8-14(15(18)10-13)16-6-4-5-12(2)21(16)11-17(19)20/h1,4-8,10,17H,2,9,11H2. The number of nitrogens with zero attached hydrogens (tertiary/aromatic N) is 1. The predicted molar refractivity (Wildman–Crippen MR) is 79.7 cm³/mol. The summed E-state index contributed by atoms with van der Waals surface area (Å²) in [6, 6.07) is 4.19. The minimum atomic E-state index is -2.56. The molecule has 1 aromatic rings. The van der Waals surface area contributed by atoms with Gasteiger partial charge in [0.05, 0.1) is 12.2 Å². The zero-order valence-corrected chi connectivity index (χ0v) is 11.7. The fourth-order valence-corrected chi connectivity index (χ4v) is 2.09. The van der Waals surface area contributed by atoms with E-state index in [2.05, 4.69) is 12.5 Å². The third kappa shape index (κ3) is 3.53. The molecule has 0 unspecified atom stereocenters. The van der Waals surface area contributed by atoms with Crippen LogP contribution in [-0.4, -0.2) is 24.5 Å². The number of ether oxygens (including phenoxy) is 1. The smallest absolute Gasteiger partial charge is 0.256 e. The molecule has 0 saturated heterocycles. The summed E-state index contributed by atoms with van der Waals surface area (Å²) in [6.07, 6.45) is 7.31. The van der Waals surface area contributed by atoms with Gasteiger partial charge >= 0.3 is 0 Å². The molecule has 5 heteroatoms. The van der Waals surface area contributed by atoms with Crippen LogP contribution in [0.5, 0.6) is 5.75 Å². The van der Waals surface area contributed by atoms with Crippen LogP contribution in [0.3, 0.4) is 0 Å². The van der Waals surface area contributed by atoms with Crippen molar-refractivity contribution in [2.75, 3.05) is 13.2 Å². The van der Waals surface area contributed by atoms with Crippen molar-refractivity contribution in [3.63, 3.8) is 0 Å². The average molecular weight is 305 g/mol. The molecule has 1 aliphatic heterocycles. The predicted octanol–water partition coefficient (Wildman–Crippen LogP) is 3.83. The van der Waals surface area contributed by atoms with Gasteiger partial charge < -0.3 is 9.64 Å². The summed E-state index contributed by atoms with van der Waals surface area (Å²) in [5.74, 6) is 1.98. The summed E-state index contributed by atoms with van der Waals surface area (Å²) in [5.41, 5.74) is 0.901. The topological polar surface area (TPSA) is 12.5 Å². The van der Waals surface area contributed by atoms with Gasteiger partial charge in [0.2, 0.25) is 0 Å². The Hall–Kier alpha value is -2.61. The fraction of sp³-hybridized carbons (Fsp3) is 0.176. The van der Waals surface area contributed by atoms with Crippen molar-refractivity contribution in [2.45, 2.75) is 6.43 Å². The van der Waals surface area contributed by atoms with Gasteiger partial charge in [-0.05, 0) is 24.3 Å². The Labute approximate surface area is 127 Å². The maximum Gasteiger partial charge on any atom is 0.256 e. The van der Waals surface area contributed by atoms with Gasteiger partial charge in [0, 0.05) is 17.3 Å². The maximum atomic E-state index is 14.3. The third-order valence-corrected chi connectivity index (χ3v) is 3.04. The molecule has 0 fully saturated rings. The first-order valence-electron chi connectivity index (χ1n) is 6.52. The number of allylic oxidation sites excluding steroid dienone is 3. The van der Waals surface area contributed by atoms with Crippen LogP contribution in [0, 0.1) is 18.2 Å². The van der Waals surface area contributed by atoms with E-state index in [9.17, 15) is 13.2 Å². The molecule has 22 heavy (non-hydrogen) atoms. The van der Waals surface area contributed by atoms with Gasteiger partial charge in [0.15, 0.2) is 0 Å². The minimum Gasteiger partial charge on any atom is -0.481 e. The molecule has 0 radical (unpaired) electrons. The Kier molecular flexibility index (Phi) is 4.95. The van der Waals surface area contributed by atoms with E-state index < -0.39 is 18.8 Å². The largest absolute Gasteiger partial charge is 0.481 e. The molecule has 0 atom stereocenters. The van der Waals surface area contributed by atoms with Crippen LogP contribution in [0.2, 0.25) is 0 Å². The Morgan fingerprint density at radius 1 is 1.36 bits per heavy atom. The molecule has 0 aliphatic carbocycles. The first-order chi connectivity index (χ1) is 10.5. The van der Waals surface area contributed by atoms with Gasteiger partial charge in [0.25, 0.3) is 6.43 Å². The van der Waals surface area contributed by atoms with Crippen LogP contribution < -0.4 is 4.74 Å². The molecule has 0 spiro atoms. The number of alkyl halides is 2. The van der Waals surface area contributed by atoms with Gasteiger partial charge in [-0.1, -0.05) is 18.6 Å². The van der Waals surface area contributed by atoms with Crippen molar-refractivity contribution in [2.24, 2.45) is 0 Å². The monoisotopic (exact) mass is 305 g/mol. The second kappa shape index (κ2) is 6.90. The van der Waals surface area contributed by atoms with Crippen molar-refractivity contribution >= 4 is 5.70 Å². The summed E-state index contributed by atoms with van der Waals surface area (Å²) in [5, 5.41) is 0. The molecule has 0 N–H and O–H groups in total. The highest BCUT2D eigenvalue weighted by atomic mass is 19.3. The highest BCUT2D eigenvalue weighted by Gasteiger charge is 2.22. The molecule has 2 rings (SSSR count). The number of halogens is 3. The zero-order valence-electron chi connectivity index (χ0n) is 11.7. The molecule has 0 amide bonds. The number of terminal acetylenes is 1. The Morgan fingerprint density at radius 2 is 2.14 bits per heavy atom. The van der Waals surface area contributed by atoms with Crippen LogP contribution in [0.25, 0.3) is 5.70 Å². The third-order valence-electron chi connectivity index (χ3n) is 3.04. The van der Waals surface area contributed by atoms with E-state index in [0.717, 1.165) is 0 Å². The first-order valence-corrected chi connectivity index (χ1v) is 6.52. The van der Waals surface area contributed by atoms with Gasteiger partial charge in [0.1, 0.15) is 18.2 Å². The fourth-order valence-electron chi connectivity index (χ4n) is 2.09. The summed E-state index contributed by atoms with van der Waals surface area (Å²) in [4.78, 5) is 1.28. The minimum absolute atomic E-state index is 0.0263. The second-order valence-corrected chi connectivity index (χ2v) is 4.54. The number of hydrogen-bond donors (Lipinski definition) is 0. The van der Waals surface area contributed by atoms with Crippen LogP contribution >= 0.6 is 0 Å². The molecule has 0 bridgehead atoms. The molecule has 1 aromatic carbocycles. The normalized spacial score (nSPS) is 14.0. The number of hydrogen-bond acceptors (Lipinski definition) is 2. The second-order valence-electron chi connectivity index (χ2n) is 4.54. The van der Waals surface area contributed by atoms with Gasteiger partial charge in [-0.15, -0.1) is 6.42 Å². The zero-order chi connectivity index (χ0) is 16.1. The highest BCUT2D eigenvalue weighted by molar-refractivity contribution is 5.70. The Bertz CT molecular complexity index is 671. The van der Waals surface area contributed by atoms with Gasteiger partial charge in [-0.3, -0.25) is 0 Å². The van der Waals surface area contributed by atoms with Crippen LogP contribution in [0.15, 0.2) is 48.7 Å². The molecule has 1 aliphatic rings. The molecule has 0 aromatic heterocycles. The van der Waals surface area contributed by atoms with Crippen molar-refractivity contribution < 1.29 is 17.9 Å². The summed E-state index contributed by atoms with van der Waals surface area (Å²) in [6.45, 7) is 3.18. The van der Waals surface area contributed by atoms with E-state index in [1.165, 1.54) is 23.1 Å². The first kappa shape index (κ1) is 15.8. The quantitative estimate of drug-likeness (QED) is 0.767. The SMILES string of the molecule is C#CCOc1ccc(C2=CC=CC(=C)N2CC(F)F)c(F)c1. The summed E-state index contributed by atoms with van der Waals surface area (Å²) < 4.78 is 44.8. The summed E-state index contributed by atoms with van der Waals surface area (Å²) >= 11 is 0. The van der Waals surface area contributed by atoms with Crippen molar-refractivity contribution in [1.82, 2.24) is 4.90 Å².